The lowest BCUT2D eigenvalue weighted by Gasteiger charge is -2.34. The molecule has 0 spiro atoms. The Labute approximate surface area is 126 Å². The molecule has 5 nitrogen and oxygen atoms in total. The van der Waals surface area contributed by atoms with Gasteiger partial charge in [-0.1, -0.05) is 19.3 Å². The predicted molar refractivity (Wildman–Crippen MR) is 81.7 cm³/mol. The highest BCUT2D eigenvalue weighted by molar-refractivity contribution is 5.42. The molecule has 1 fully saturated rings. The molecule has 0 atom stereocenters. The van der Waals surface area contributed by atoms with E-state index < -0.39 is 0 Å². The molecule has 0 bridgehead atoms. The standard InChI is InChI=1S/C16H26N2O3/c1-20-15-8-9-17-14(16(15)21-2)12-18(10-11-19)13-6-4-3-5-7-13/h8-9,13,19H,3-7,10-12H2,1-2H3. The van der Waals surface area contributed by atoms with Gasteiger partial charge in [-0.05, 0) is 12.8 Å². The number of ether oxygens (including phenoxy) is 2. The minimum Gasteiger partial charge on any atom is -0.493 e. The molecular weight excluding hydrogens is 268 g/mol. The van der Waals surface area contributed by atoms with Crippen molar-refractivity contribution in [2.45, 2.75) is 44.7 Å². The third-order valence-corrected chi connectivity index (χ3v) is 4.20. The maximum Gasteiger partial charge on any atom is 0.183 e. The maximum atomic E-state index is 9.35. The van der Waals surface area contributed by atoms with Crippen molar-refractivity contribution >= 4 is 0 Å². The van der Waals surface area contributed by atoms with Crippen molar-refractivity contribution in [3.8, 4) is 11.5 Å². The summed E-state index contributed by atoms with van der Waals surface area (Å²) in [5.74, 6) is 1.40. The monoisotopic (exact) mass is 294 g/mol. The van der Waals surface area contributed by atoms with Gasteiger partial charge >= 0.3 is 0 Å². The molecule has 21 heavy (non-hydrogen) atoms. The highest BCUT2D eigenvalue weighted by atomic mass is 16.5. The molecule has 1 heterocycles. The molecule has 0 amide bonds. The first-order valence-electron chi connectivity index (χ1n) is 7.71. The Morgan fingerprint density at radius 2 is 2.00 bits per heavy atom. The quantitative estimate of drug-likeness (QED) is 0.835. The summed E-state index contributed by atoms with van der Waals surface area (Å²) in [6.45, 7) is 1.53. The molecule has 1 aromatic rings. The SMILES string of the molecule is COc1ccnc(CN(CCO)C2CCCCC2)c1OC. The van der Waals surface area contributed by atoms with E-state index in [0.717, 1.165) is 5.69 Å². The summed E-state index contributed by atoms with van der Waals surface area (Å²) in [5, 5.41) is 9.35. The molecule has 1 aromatic heterocycles. The van der Waals surface area contributed by atoms with Crippen molar-refractivity contribution in [1.82, 2.24) is 9.88 Å². The Morgan fingerprint density at radius 1 is 1.24 bits per heavy atom. The fourth-order valence-corrected chi connectivity index (χ4v) is 3.12. The Kier molecular flexibility index (Phi) is 6.26. The van der Waals surface area contributed by atoms with E-state index in [1.807, 2.05) is 0 Å². The molecular formula is C16H26N2O3. The zero-order valence-corrected chi connectivity index (χ0v) is 13.0. The number of pyridine rings is 1. The van der Waals surface area contributed by atoms with Gasteiger partial charge in [0.05, 0.1) is 20.8 Å². The van der Waals surface area contributed by atoms with E-state index >= 15 is 0 Å². The molecule has 0 unspecified atom stereocenters. The van der Waals surface area contributed by atoms with E-state index in [4.69, 9.17) is 9.47 Å². The van der Waals surface area contributed by atoms with E-state index in [1.165, 1.54) is 32.1 Å². The van der Waals surface area contributed by atoms with Gasteiger partial charge in [-0.15, -0.1) is 0 Å². The largest absolute Gasteiger partial charge is 0.493 e. The Balaban J connectivity index is 2.15. The van der Waals surface area contributed by atoms with Crippen molar-refractivity contribution in [3.63, 3.8) is 0 Å². The summed E-state index contributed by atoms with van der Waals surface area (Å²) in [6, 6.07) is 2.34. The first-order chi connectivity index (χ1) is 10.3. The molecule has 1 aliphatic carbocycles. The van der Waals surface area contributed by atoms with Gasteiger partial charge in [0.2, 0.25) is 0 Å². The summed E-state index contributed by atoms with van der Waals surface area (Å²) < 4.78 is 10.8. The molecule has 118 valence electrons. The van der Waals surface area contributed by atoms with Crippen molar-refractivity contribution in [1.29, 1.82) is 0 Å². The number of methoxy groups -OCH3 is 2. The van der Waals surface area contributed by atoms with Gasteiger partial charge in [0.15, 0.2) is 11.5 Å². The first kappa shape index (κ1) is 16.0. The van der Waals surface area contributed by atoms with Gasteiger partial charge < -0.3 is 14.6 Å². The van der Waals surface area contributed by atoms with Crippen LogP contribution in [0.5, 0.6) is 11.5 Å². The van der Waals surface area contributed by atoms with Crippen LogP contribution >= 0.6 is 0 Å². The Bertz CT molecular complexity index is 434. The van der Waals surface area contributed by atoms with Crippen LogP contribution in [-0.2, 0) is 6.54 Å². The third-order valence-electron chi connectivity index (χ3n) is 4.20. The Morgan fingerprint density at radius 3 is 2.62 bits per heavy atom. The second kappa shape index (κ2) is 8.20. The summed E-state index contributed by atoms with van der Waals surface area (Å²) >= 11 is 0. The topological polar surface area (TPSA) is 54.8 Å². The number of aliphatic hydroxyl groups excluding tert-OH is 1. The number of hydrogen-bond acceptors (Lipinski definition) is 5. The van der Waals surface area contributed by atoms with Gasteiger partial charge in [-0.2, -0.15) is 0 Å². The maximum absolute atomic E-state index is 9.35. The van der Waals surface area contributed by atoms with Gasteiger partial charge in [0.1, 0.15) is 5.69 Å². The lowest BCUT2D eigenvalue weighted by Crippen LogP contribution is -2.38. The van der Waals surface area contributed by atoms with Crippen molar-refractivity contribution < 1.29 is 14.6 Å². The third kappa shape index (κ3) is 4.08. The predicted octanol–water partition coefficient (Wildman–Crippen LogP) is 2.23. The highest BCUT2D eigenvalue weighted by Crippen LogP contribution is 2.31. The van der Waals surface area contributed by atoms with Crippen molar-refractivity contribution in [2.24, 2.45) is 0 Å². The number of hydrogen-bond donors (Lipinski definition) is 1. The molecule has 0 radical (unpaired) electrons. The van der Waals surface area contributed by atoms with Crippen LogP contribution in [0.4, 0.5) is 0 Å². The van der Waals surface area contributed by atoms with Crippen LogP contribution in [0.15, 0.2) is 12.3 Å². The van der Waals surface area contributed by atoms with Crippen LogP contribution in [0.3, 0.4) is 0 Å². The summed E-state index contributed by atoms with van der Waals surface area (Å²) in [5.41, 5.74) is 0.871. The van der Waals surface area contributed by atoms with Crippen LogP contribution in [0.25, 0.3) is 0 Å². The zero-order chi connectivity index (χ0) is 15.1. The summed E-state index contributed by atoms with van der Waals surface area (Å²) in [4.78, 5) is 6.77. The van der Waals surface area contributed by atoms with E-state index in [2.05, 4.69) is 9.88 Å². The van der Waals surface area contributed by atoms with Gasteiger partial charge in [0.25, 0.3) is 0 Å². The second-order valence-corrected chi connectivity index (χ2v) is 5.48. The number of nitrogens with zero attached hydrogens (tertiary/aromatic N) is 2. The number of rotatable bonds is 7. The van der Waals surface area contributed by atoms with Crippen LogP contribution in [0, 0.1) is 0 Å². The van der Waals surface area contributed by atoms with Gasteiger partial charge in [0, 0.05) is 31.4 Å². The van der Waals surface area contributed by atoms with E-state index in [1.54, 1.807) is 26.5 Å². The summed E-state index contributed by atoms with van der Waals surface area (Å²) in [7, 11) is 3.27. The lowest BCUT2D eigenvalue weighted by molar-refractivity contribution is 0.114. The molecule has 0 saturated heterocycles. The normalized spacial score (nSPS) is 16.2. The lowest BCUT2D eigenvalue weighted by atomic mass is 9.94. The van der Waals surface area contributed by atoms with Crippen LogP contribution in [0.1, 0.15) is 37.8 Å². The first-order valence-corrected chi connectivity index (χ1v) is 7.71. The van der Waals surface area contributed by atoms with Crippen LogP contribution in [-0.4, -0.2) is 48.4 Å². The highest BCUT2D eigenvalue weighted by Gasteiger charge is 2.23. The zero-order valence-electron chi connectivity index (χ0n) is 13.0. The second-order valence-electron chi connectivity index (χ2n) is 5.48. The van der Waals surface area contributed by atoms with Crippen molar-refractivity contribution in [2.75, 3.05) is 27.4 Å². The van der Waals surface area contributed by atoms with Gasteiger partial charge in [-0.25, -0.2) is 0 Å². The molecule has 1 aliphatic rings. The molecule has 5 heteroatoms. The molecule has 2 rings (SSSR count). The van der Waals surface area contributed by atoms with E-state index in [9.17, 15) is 5.11 Å². The fraction of sp³-hybridized carbons (Fsp3) is 0.688. The molecule has 1 N–H and O–H groups in total. The van der Waals surface area contributed by atoms with E-state index in [-0.39, 0.29) is 6.61 Å². The van der Waals surface area contributed by atoms with Crippen LogP contribution in [0.2, 0.25) is 0 Å². The van der Waals surface area contributed by atoms with Crippen LogP contribution < -0.4 is 9.47 Å². The molecule has 0 aliphatic heterocycles. The Hall–Kier alpha value is -1.33. The minimum absolute atomic E-state index is 0.169. The minimum atomic E-state index is 0.169. The van der Waals surface area contributed by atoms with Gasteiger partial charge in [-0.3, -0.25) is 9.88 Å². The summed E-state index contributed by atoms with van der Waals surface area (Å²) in [6.07, 6.45) is 8.02. The smallest absolute Gasteiger partial charge is 0.183 e. The number of aromatic nitrogens is 1. The number of aliphatic hydroxyl groups is 1. The van der Waals surface area contributed by atoms with E-state index in [0.29, 0.717) is 30.6 Å². The average molecular weight is 294 g/mol. The average Bonchev–Trinajstić information content (AvgIpc) is 2.55. The molecule has 0 aromatic carbocycles. The molecule has 1 saturated carbocycles. The van der Waals surface area contributed by atoms with Crippen molar-refractivity contribution in [3.05, 3.63) is 18.0 Å². The fourth-order valence-electron chi connectivity index (χ4n) is 3.12.